The molecule has 1 saturated heterocycles. The van der Waals surface area contributed by atoms with E-state index < -0.39 is 5.97 Å². The Hall–Kier alpha value is -3.35. The monoisotopic (exact) mass is 411 g/mol. The van der Waals surface area contributed by atoms with Gasteiger partial charge in [-0.3, -0.25) is 9.69 Å². The molecule has 1 fully saturated rings. The van der Waals surface area contributed by atoms with Crippen LogP contribution in [0.25, 0.3) is 0 Å². The lowest BCUT2D eigenvalue weighted by molar-refractivity contribution is -0.120. The molecule has 3 rings (SSSR count). The topological polar surface area (TPSA) is 93.1 Å². The number of hydrogen-bond acceptors (Lipinski definition) is 5. The molecule has 0 radical (unpaired) electrons. The maximum Gasteiger partial charge on any atom is 0.410 e. The van der Waals surface area contributed by atoms with Gasteiger partial charge in [0.2, 0.25) is 0 Å². The van der Waals surface area contributed by atoms with Gasteiger partial charge in [0.05, 0.1) is 18.2 Å². The maximum atomic E-state index is 12.4. The minimum Gasteiger partial charge on any atom is -0.478 e. The molecule has 1 heterocycles. The molecule has 158 valence electrons. The molecule has 30 heavy (non-hydrogen) atoms. The van der Waals surface area contributed by atoms with Gasteiger partial charge in [-0.05, 0) is 61.1 Å². The summed E-state index contributed by atoms with van der Waals surface area (Å²) in [5.74, 6) is -0.260. The zero-order chi connectivity index (χ0) is 21.7. The molecule has 1 N–H and O–H groups in total. The first-order chi connectivity index (χ1) is 14.4. The third-order valence-electron chi connectivity index (χ3n) is 5.56. The Labute approximate surface area is 175 Å². The molecule has 0 bridgehead atoms. The zero-order valence-electron chi connectivity index (χ0n) is 17.0. The number of benzene rings is 2. The molecule has 7 nitrogen and oxygen atoms in total. The first-order valence-electron chi connectivity index (χ1n) is 9.89. The predicted octanol–water partition coefficient (Wildman–Crippen LogP) is 4.39. The molecular weight excluding hydrogens is 386 g/mol. The quantitative estimate of drug-likeness (QED) is 0.615. The van der Waals surface area contributed by atoms with Crippen molar-refractivity contribution >= 4 is 18.5 Å². The standard InChI is InChI=1S/C23H25NO6/c1-15(17-4-6-19(7-5-17)22(26)27)3-10-21-13-24(23(28)30-21)16(2)18-8-11-20(12-9-18)29-14-25/h4-9,11-12,14-16,21H,3,10,13H2,1-2H3,(H,26,27)/t15-,16+,21+/m1/s1. The van der Waals surface area contributed by atoms with Gasteiger partial charge in [-0.15, -0.1) is 0 Å². The van der Waals surface area contributed by atoms with Crippen molar-refractivity contribution in [3.63, 3.8) is 0 Å². The van der Waals surface area contributed by atoms with Crippen LogP contribution in [0.2, 0.25) is 0 Å². The van der Waals surface area contributed by atoms with Crippen molar-refractivity contribution in [3.05, 3.63) is 65.2 Å². The number of nitrogens with zero attached hydrogens (tertiary/aromatic N) is 1. The highest BCUT2D eigenvalue weighted by molar-refractivity contribution is 5.87. The van der Waals surface area contributed by atoms with Gasteiger partial charge in [0.25, 0.3) is 6.47 Å². The minimum atomic E-state index is -0.938. The lowest BCUT2D eigenvalue weighted by Crippen LogP contribution is -2.28. The summed E-state index contributed by atoms with van der Waals surface area (Å²) >= 11 is 0. The van der Waals surface area contributed by atoms with Gasteiger partial charge >= 0.3 is 12.1 Å². The van der Waals surface area contributed by atoms with Gasteiger partial charge in [0.15, 0.2) is 0 Å². The van der Waals surface area contributed by atoms with E-state index in [1.54, 1.807) is 29.2 Å². The fourth-order valence-corrected chi connectivity index (χ4v) is 3.63. The normalized spacial score (nSPS) is 17.9. The van der Waals surface area contributed by atoms with Crippen molar-refractivity contribution in [1.29, 1.82) is 0 Å². The Bertz CT molecular complexity index is 893. The van der Waals surface area contributed by atoms with Gasteiger partial charge in [-0.2, -0.15) is 0 Å². The fourth-order valence-electron chi connectivity index (χ4n) is 3.63. The number of ether oxygens (including phenoxy) is 2. The van der Waals surface area contributed by atoms with E-state index in [9.17, 15) is 14.4 Å². The highest BCUT2D eigenvalue weighted by Gasteiger charge is 2.34. The van der Waals surface area contributed by atoms with Crippen molar-refractivity contribution in [3.8, 4) is 5.75 Å². The van der Waals surface area contributed by atoms with Crippen LogP contribution in [0.5, 0.6) is 5.75 Å². The van der Waals surface area contributed by atoms with Gasteiger partial charge in [-0.1, -0.05) is 31.2 Å². The molecule has 2 aromatic rings. The van der Waals surface area contributed by atoms with Crippen LogP contribution in [0, 0.1) is 0 Å². The third kappa shape index (κ3) is 4.97. The molecule has 0 unspecified atom stereocenters. The van der Waals surface area contributed by atoms with E-state index in [0.29, 0.717) is 18.8 Å². The molecule has 1 amide bonds. The SMILES string of the molecule is C[C@H](CC[C@H]1CN([C@@H](C)c2ccc(OC=O)cc2)C(=O)O1)c1ccc(C(=O)O)cc1. The number of aromatic carboxylic acids is 1. The average Bonchev–Trinajstić information content (AvgIpc) is 3.13. The van der Waals surface area contributed by atoms with Crippen LogP contribution in [0.3, 0.4) is 0 Å². The van der Waals surface area contributed by atoms with Crippen molar-refractivity contribution in [2.45, 2.75) is 44.8 Å². The summed E-state index contributed by atoms with van der Waals surface area (Å²) in [7, 11) is 0. The van der Waals surface area contributed by atoms with E-state index in [-0.39, 0.29) is 29.7 Å². The van der Waals surface area contributed by atoms with Crippen molar-refractivity contribution < 1.29 is 29.0 Å². The van der Waals surface area contributed by atoms with Crippen LogP contribution in [0.4, 0.5) is 4.79 Å². The van der Waals surface area contributed by atoms with Crippen LogP contribution in [0.15, 0.2) is 48.5 Å². The van der Waals surface area contributed by atoms with E-state index in [4.69, 9.17) is 14.6 Å². The second-order valence-electron chi connectivity index (χ2n) is 7.52. The summed E-state index contributed by atoms with van der Waals surface area (Å²) < 4.78 is 10.4. The smallest absolute Gasteiger partial charge is 0.410 e. The van der Waals surface area contributed by atoms with Gasteiger partial charge in [0, 0.05) is 0 Å². The fraction of sp³-hybridized carbons (Fsp3) is 0.348. The summed E-state index contributed by atoms with van der Waals surface area (Å²) in [4.78, 5) is 35.4. The summed E-state index contributed by atoms with van der Waals surface area (Å²) in [5.41, 5.74) is 2.26. The predicted molar refractivity (Wildman–Crippen MR) is 110 cm³/mol. The Morgan fingerprint density at radius 1 is 1.17 bits per heavy atom. The molecular formula is C23H25NO6. The molecule has 7 heteroatoms. The second kappa shape index (κ2) is 9.43. The Morgan fingerprint density at radius 3 is 2.40 bits per heavy atom. The van der Waals surface area contributed by atoms with Crippen LogP contribution < -0.4 is 4.74 Å². The van der Waals surface area contributed by atoms with Gasteiger partial charge in [0.1, 0.15) is 11.9 Å². The number of hydrogen-bond donors (Lipinski definition) is 1. The zero-order valence-corrected chi connectivity index (χ0v) is 17.0. The first kappa shape index (κ1) is 21.4. The Balaban J connectivity index is 1.54. The largest absolute Gasteiger partial charge is 0.478 e. The highest BCUT2D eigenvalue weighted by atomic mass is 16.6. The van der Waals surface area contributed by atoms with E-state index in [1.165, 1.54) is 0 Å². The van der Waals surface area contributed by atoms with E-state index in [1.807, 2.05) is 31.2 Å². The molecule has 0 saturated carbocycles. The van der Waals surface area contributed by atoms with E-state index in [0.717, 1.165) is 24.0 Å². The molecule has 0 aliphatic carbocycles. The van der Waals surface area contributed by atoms with E-state index in [2.05, 4.69) is 6.92 Å². The third-order valence-corrected chi connectivity index (χ3v) is 5.56. The van der Waals surface area contributed by atoms with Crippen LogP contribution in [-0.2, 0) is 9.53 Å². The molecule has 3 atom stereocenters. The van der Waals surface area contributed by atoms with Crippen LogP contribution in [0.1, 0.15) is 60.1 Å². The highest BCUT2D eigenvalue weighted by Crippen LogP contribution is 2.30. The van der Waals surface area contributed by atoms with Gasteiger partial charge < -0.3 is 14.6 Å². The molecule has 0 spiro atoms. The first-order valence-corrected chi connectivity index (χ1v) is 9.89. The number of carboxylic acid groups (broad SMARTS) is 1. The maximum absolute atomic E-state index is 12.4. The number of cyclic esters (lactones) is 1. The molecule has 1 aliphatic rings. The van der Waals surface area contributed by atoms with E-state index >= 15 is 0 Å². The van der Waals surface area contributed by atoms with Crippen LogP contribution >= 0.6 is 0 Å². The summed E-state index contributed by atoms with van der Waals surface area (Å²) in [5, 5.41) is 9.00. The lowest BCUT2D eigenvalue weighted by Gasteiger charge is -2.22. The molecule has 1 aliphatic heterocycles. The number of rotatable bonds is 9. The van der Waals surface area contributed by atoms with Gasteiger partial charge in [-0.25, -0.2) is 9.59 Å². The lowest BCUT2D eigenvalue weighted by atomic mass is 9.94. The summed E-state index contributed by atoms with van der Waals surface area (Å²) in [6.07, 6.45) is 1.03. The number of carbonyl (C=O) groups is 3. The number of amides is 1. The number of carboxylic acids is 1. The Kier molecular flexibility index (Phi) is 6.72. The Morgan fingerprint density at radius 2 is 1.80 bits per heavy atom. The average molecular weight is 411 g/mol. The minimum absolute atomic E-state index is 0.159. The summed E-state index contributed by atoms with van der Waals surface area (Å²) in [6, 6.07) is 13.8. The van der Waals surface area contributed by atoms with Crippen molar-refractivity contribution in [2.24, 2.45) is 0 Å². The van der Waals surface area contributed by atoms with Crippen molar-refractivity contribution in [2.75, 3.05) is 6.54 Å². The second-order valence-corrected chi connectivity index (χ2v) is 7.52. The molecule has 0 aromatic heterocycles. The number of carbonyl (C=O) groups excluding carboxylic acids is 2. The molecule has 2 aromatic carbocycles. The van der Waals surface area contributed by atoms with Crippen LogP contribution in [-0.4, -0.2) is 41.2 Å². The summed E-state index contributed by atoms with van der Waals surface area (Å²) in [6.45, 7) is 4.90. The van der Waals surface area contributed by atoms with Crippen molar-refractivity contribution in [1.82, 2.24) is 4.90 Å².